The van der Waals surface area contributed by atoms with Crippen LogP contribution in [0.5, 0.6) is 11.5 Å². The maximum atomic E-state index is 15.1. The molecule has 224 valence electrons. The lowest BCUT2D eigenvalue weighted by Gasteiger charge is -2.20. The molecule has 2 nitrogen and oxygen atoms in total. The van der Waals surface area contributed by atoms with E-state index in [1.165, 1.54) is 18.2 Å². The molecule has 0 aliphatic heterocycles. The number of hydrogen-bond acceptors (Lipinski definition) is 2. The fraction of sp³-hybridized carbons (Fsp3) is 0.125. The molecule has 43 heavy (non-hydrogen) atoms. The Morgan fingerprint density at radius 2 is 1.35 bits per heavy atom. The Hall–Kier alpha value is -4.67. The van der Waals surface area contributed by atoms with E-state index < -0.39 is 63.9 Å². The van der Waals surface area contributed by atoms with Crippen molar-refractivity contribution in [3.63, 3.8) is 0 Å². The van der Waals surface area contributed by atoms with Crippen molar-refractivity contribution in [2.75, 3.05) is 0 Å². The lowest BCUT2D eigenvalue weighted by molar-refractivity contribution is -0.189. The summed E-state index contributed by atoms with van der Waals surface area (Å²) in [5.41, 5.74) is -1.65. The Bertz CT molecular complexity index is 1670. The van der Waals surface area contributed by atoms with Gasteiger partial charge in [0.25, 0.3) is 0 Å². The van der Waals surface area contributed by atoms with E-state index in [0.29, 0.717) is 43.2 Å². The van der Waals surface area contributed by atoms with E-state index in [2.05, 4.69) is 9.47 Å². The standard InChI is InChI=1S/C32H21F9O2/c1-2-3-4-5-18-6-9-22(24(33)12-18)19-7-10-23(25(34)13-19)20-14-27(36)31(28(37)15-20)32(40,41)43-21-8-11-29(26(35)16-21)42-17-30(38)39/h2-3,6-17H,4-5H2,1H3/b3-2+. The number of rotatable bonds is 10. The number of allylic oxidation sites excluding steroid dienone is 2. The first-order valence-corrected chi connectivity index (χ1v) is 12.6. The highest BCUT2D eigenvalue weighted by Crippen LogP contribution is 2.39. The van der Waals surface area contributed by atoms with Crippen LogP contribution >= 0.6 is 0 Å². The number of benzene rings is 4. The minimum absolute atomic E-state index is 0.0841. The molecular formula is C32H21F9O2. The number of halogens is 9. The van der Waals surface area contributed by atoms with E-state index in [1.807, 2.05) is 19.1 Å². The first-order chi connectivity index (χ1) is 20.4. The highest BCUT2D eigenvalue weighted by atomic mass is 19.3. The summed E-state index contributed by atoms with van der Waals surface area (Å²) in [7, 11) is 0. The quantitative estimate of drug-likeness (QED) is 0.101. The molecule has 0 saturated heterocycles. The van der Waals surface area contributed by atoms with Gasteiger partial charge in [-0.3, -0.25) is 0 Å². The van der Waals surface area contributed by atoms with Crippen LogP contribution in [-0.2, 0) is 12.5 Å². The summed E-state index contributed by atoms with van der Waals surface area (Å²) in [4.78, 5) is 0. The number of alkyl halides is 2. The fourth-order valence-corrected chi connectivity index (χ4v) is 4.24. The molecule has 4 aromatic carbocycles. The molecule has 0 bridgehead atoms. The average Bonchev–Trinajstić information content (AvgIpc) is 2.92. The molecule has 11 heteroatoms. The summed E-state index contributed by atoms with van der Waals surface area (Å²) >= 11 is 0. The number of hydrogen-bond donors (Lipinski definition) is 0. The van der Waals surface area contributed by atoms with Gasteiger partial charge in [0.2, 0.25) is 0 Å². The van der Waals surface area contributed by atoms with Gasteiger partial charge >= 0.3 is 12.2 Å². The van der Waals surface area contributed by atoms with Crippen molar-refractivity contribution in [1.29, 1.82) is 0 Å². The van der Waals surface area contributed by atoms with Gasteiger partial charge in [0.15, 0.2) is 17.8 Å². The molecule has 0 amide bonds. The van der Waals surface area contributed by atoms with Gasteiger partial charge in [-0.15, -0.1) is 0 Å². The molecule has 0 atom stereocenters. The highest BCUT2D eigenvalue weighted by Gasteiger charge is 2.41. The Morgan fingerprint density at radius 3 is 1.95 bits per heavy atom. The molecule has 0 saturated carbocycles. The molecule has 0 N–H and O–H groups in total. The molecule has 0 heterocycles. The molecule has 0 fully saturated rings. The molecule has 4 aromatic rings. The largest absolute Gasteiger partial charge is 0.456 e. The van der Waals surface area contributed by atoms with Gasteiger partial charge < -0.3 is 9.47 Å². The van der Waals surface area contributed by atoms with Crippen molar-refractivity contribution in [3.05, 3.63) is 131 Å². The first kappa shape index (κ1) is 31.3. The molecule has 0 radical (unpaired) electrons. The molecular weight excluding hydrogens is 587 g/mol. The van der Waals surface area contributed by atoms with Crippen LogP contribution < -0.4 is 9.47 Å². The summed E-state index contributed by atoms with van der Waals surface area (Å²) in [6.45, 7) is 1.87. The molecule has 4 rings (SSSR count). The van der Waals surface area contributed by atoms with E-state index in [0.717, 1.165) is 17.7 Å². The lowest BCUT2D eigenvalue weighted by Crippen LogP contribution is -2.25. The summed E-state index contributed by atoms with van der Waals surface area (Å²) in [5.74, 6) is -8.22. The number of aryl methyl sites for hydroxylation is 1. The normalized spacial score (nSPS) is 11.6. The zero-order valence-electron chi connectivity index (χ0n) is 22.2. The van der Waals surface area contributed by atoms with Crippen molar-refractivity contribution in [3.8, 4) is 33.8 Å². The molecule has 0 aliphatic carbocycles. The van der Waals surface area contributed by atoms with E-state index in [-0.39, 0.29) is 23.0 Å². The van der Waals surface area contributed by atoms with Gasteiger partial charge in [0.1, 0.15) is 34.6 Å². The minimum Gasteiger partial charge on any atom is -0.456 e. The maximum absolute atomic E-state index is 15.1. The van der Waals surface area contributed by atoms with E-state index in [4.69, 9.17) is 0 Å². The summed E-state index contributed by atoms with van der Waals surface area (Å²) in [6.07, 6.45) is -1.92. The van der Waals surface area contributed by atoms with Crippen LogP contribution in [0.2, 0.25) is 0 Å². The van der Waals surface area contributed by atoms with E-state index >= 15 is 4.39 Å². The topological polar surface area (TPSA) is 18.5 Å². The Balaban J connectivity index is 1.57. The number of ether oxygens (including phenoxy) is 2. The van der Waals surface area contributed by atoms with Crippen LogP contribution in [0.25, 0.3) is 22.3 Å². The van der Waals surface area contributed by atoms with Crippen LogP contribution in [0, 0.1) is 29.1 Å². The van der Waals surface area contributed by atoms with Gasteiger partial charge in [-0.1, -0.05) is 36.4 Å². The summed E-state index contributed by atoms with van der Waals surface area (Å²) in [5, 5.41) is 0. The van der Waals surface area contributed by atoms with E-state index in [9.17, 15) is 35.1 Å². The lowest BCUT2D eigenvalue weighted by atomic mass is 9.97. The van der Waals surface area contributed by atoms with Gasteiger partial charge in [-0.2, -0.15) is 17.6 Å². The SMILES string of the molecule is C/C=C/CCc1ccc(-c2ccc(-c3cc(F)c(C(F)(F)Oc4ccc(OC=C(F)F)c(F)c4)c(F)c3)c(F)c2)c(F)c1. The third-order valence-corrected chi connectivity index (χ3v) is 6.22. The van der Waals surface area contributed by atoms with Crippen LogP contribution in [0.15, 0.2) is 91.2 Å². The van der Waals surface area contributed by atoms with Crippen LogP contribution in [0.1, 0.15) is 24.5 Å². The van der Waals surface area contributed by atoms with Gasteiger partial charge in [0, 0.05) is 17.2 Å². The Morgan fingerprint density at radius 1 is 0.721 bits per heavy atom. The second-order valence-corrected chi connectivity index (χ2v) is 9.17. The predicted molar refractivity (Wildman–Crippen MR) is 142 cm³/mol. The molecule has 0 aliphatic rings. The van der Waals surface area contributed by atoms with Gasteiger partial charge in [0.05, 0.1) is 0 Å². The van der Waals surface area contributed by atoms with Crippen molar-refractivity contribution in [2.45, 2.75) is 25.9 Å². The smallest absolute Gasteiger partial charge is 0.432 e. The third kappa shape index (κ3) is 7.40. The highest BCUT2D eigenvalue weighted by molar-refractivity contribution is 5.72. The second-order valence-electron chi connectivity index (χ2n) is 9.17. The van der Waals surface area contributed by atoms with Crippen molar-refractivity contribution in [1.82, 2.24) is 0 Å². The van der Waals surface area contributed by atoms with Gasteiger partial charge in [-0.05, 0) is 72.9 Å². The average molecular weight is 609 g/mol. The van der Waals surface area contributed by atoms with Crippen LogP contribution in [-0.4, -0.2) is 0 Å². The maximum Gasteiger partial charge on any atom is 0.432 e. The summed E-state index contributed by atoms with van der Waals surface area (Å²) < 4.78 is 136. The van der Waals surface area contributed by atoms with Crippen molar-refractivity contribution < 1.29 is 49.0 Å². The second kappa shape index (κ2) is 13.1. The third-order valence-electron chi connectivity index (χ3n) is 6.22. The van der Waals surface area contributed by atoms with E-state index in [1.54, 1.807) is 6.07 Å². The Labute approximate surface area is 240 Å². The van der Waals surface area contributed by atoms with Gasteiger partial charge in [-0.25, -0.2) is 22.0 Å². The zero-order chi connectivity index (χ0) is 31.3. The predicted octanol–water partition coefficient (Wildman–Crippen LogP) is 10.5. The molecule has 0 spiro atoms. The van der Waals surface area contributed by atoms with Crippen LogP contribution in [0.3, 0.4) is 0 Å². The molecule has 0 unspecified atom stereocenters. The fourth-order valence-electron chi connectivity index (χ4n) is 4.24. The van der Waals surface area contributed by atoms with Crippen molar-refractivity contribution >= 4 is 0 Å². The zero-order valence-corrected chi connectivity index (χ0v) is 22.2. The summed E-state index contributed by atoms with van der Waals surface area (Å²) in [6, 6.07) is 10.6. The molecule has 0 aromatic heterocycles. The Kier molecular flexibility index (Phi) is 9.53. The minimum atomic E-state index is -4.68. The first-order valence-electron chi connectivity index (χ1n) is 12.6. The van der Waals surface area contributed by atoms with Crippen molar-refractivity contribution in [2.24, 2.45) is 0 Å². The monoisotopic (exact) mass is 608 g/mol. The van der Waals surface area contributed by atoms with Crippen LogP contribution in [0.4, 0.5) is 39.5 Å².